The number of rotatable bonds is 3. The van der Waals surface area contributed by atoms with Gasteiger partial charge in [-0.25, -0.2) is 0 Å². The molecule has 0 unspecified atom stereocenters. The summed E-state index contributed by atoms with van der Waals surface area (Å²) in [6.07, 6.45) is 1.78. The second kappa shape index (κ2) is 5.07. The third-order valence-corrected chi connectivity index (χ3v) is 2.27. The van der Waals surface area contributed by atoms with E-state index in [0.717, 1.165) is 0 Å². The summed E-state index contributed by atoms with van der Waals surface area (Å²) in [5.41, 5.74) is 1.57. The predicted molar refractivity (Wildman–Crippen MR) is 65.6 cm³/mol. The summed E-state index contributed by atoms with van der Waals surface area (Å²) in [6, 6.07) is 15.5. The molecule has 0 aliphatic rings. The minimum Gasteiger partial charge on any atom is -0.322 e. The topological polar surface area (TPSA) is 46.2 Å². The van der Waals surface area contributed by atoms with Gasteiger partial charge in [0.1, 0.15) is 0 Å². The van der Waals surface area contributed by atoms with E-state index in [-0.39, 0.29) is 5.91 Å². The SMILES string of the molecule is O=[C]c1cccc(NC(=O)c2ccccc2)c1. The molecule has 0 atom stereocenters. The molecule has 0 aliphatic carbocycles. The Balaban J connectivity index is 2.16. The van der Waals surface area contributed by atoms with Crippen LogP contribution in [0.5, 0.6) is 0 Å². The van der Waals surface area contributed by atoms with E-state index in [4.69, 9.17) is 0 Å². The molecule has 1 radical (unpaired) electrons. The molecule has 0 spiro atoms. The van der Waals surface area contributed by atoms with Crippen molar-refractivity contribution < 1.29 is 9.59 Å². The van der Waals surface area contributed by atoms with E-state index in [1.165, 1.54) is 0 Å². The molecule has 3 heteroatoms. The molecule has 2 aromatic carbocycles. The molecule has 1 N–H and O–H groups in total. The van der Waals surface area contributed by atoms with Gasteiger partial charge in [-0.15, -0.1) is 0 Å². The molecular formula is C14H10NO2. The molecule has 0 aromatic heterocycles. The average molecular weight is 224 g/mol. The van der Waals surface area contributed by atoms with Crippen molar-refractivity contribution in [3.8, 4) is 0 Å². The summed E-state index contributed by atoms with van der Waals surface area (Å²) in [5.74, 6) is -0.200. The fourth-order valence-electron chi connectivity index (χ4n) is 1.45. The van der Waals surface area contributed by atoms with Crippen molar-refractivity contribution in [3.63, 3.8) is 0 Å². The summed E-state index contributed by atoms with van der Waals surface area (Å²) < 4.78 is 0. The Bertz CT molecular complexity index is 535. The Labute approximate surface area is 99.1 Å². The highest BCUT2D eigenvalue weighted by molar-refractivity contribution is 6.04. The minimum atomic E-state index is -0.200. The van der Waals surface area contributed by atoms with Crippen molar-refractivity contribution in [2.24, 2.45) is 0 Å². The summed E-state index contributed by atoms with van der Waals surface area (Å²) in [4.78, 5) is 22.3. The van der Waals surface area contributed by atoms with Gasteiger partial charge < -0.3 is 5.32 Å². The molecule has 0 saturated carbocycles. The number of anilines is 1. The van der Waals surface area contributed by atoms with E-state index in [0.29, 0.717) is 16.8 Å². The van der Waals surface area contributed by atoms with Crippen LogP contribution in [0.3, 0.4) is 0 Å². The highest BCUT2D eigenvalue weighted by atomic mass is 16.1. The van der Waals surface area contributed by atoms with Gasteiger partial charge >= 0.3 is 0 Å². The molecule has 1 amide bonds. The number of carbonyl (C=O) groups is 1. The number of amides is 1. The van der Waals surface area contributed by atoms with E-state index in [9.17, 15) is 9.59 Å². The summed E-state index contributed by atoms with van der Waals surface area (Å²) in [6.45, 7) is 0. The van der Waals surface area contributed by atoms with Crippen molar-refractivity contribution in [2.45, 2.75) is 0 Å². The van der Waals surface area contributed by atoms with E-state index < -0.39 is 0 Å². The lowest BCUT2D eigenvalue weighted by atomic mass is 10.2. The molecular weight excluding hydrogens is 214 g/mol. The molecule has 0 fully saturated rings. The largest absolute Gasteiger partial charge is 0.322 e. The molecule has 0 saturated heterocycles. The third-order valence-electron chi connectivity index (χ3n) is 2.27. The second-order valence-electron chi connectivity index (χ2n) is 3.50. The van der Waals surface area contributed by atoms with Crippen LogP contribution in [0.15, 0.2) is 54.6 Å². The molecule has 0 bridgehead atoms. The van der Waals surface area contributed by atoms with Crippen LogP contribution >= 0.6 is 0 Å². The molecule has 0 heterocycles. The summed E-state index contributed by atoms with van der Waals surface area (Å²) in [7, 11) is 0. The number of nitrogens with one attached hydrogen (secondary N) is 1. The zero-order chi connectivity index (χ0) is 12.1. The normalized spacial score (nSPS) is 9.65. The Morgan fingerprint density at radius 1 is 1.00 bits per heavy atom. The monoisotopic (exact) mass is 224 g/mol. The molecule has 17 heavy (non-hydrogen) atoms. The highest BCUT2D eigenvalue weighted by Crippen LogP contribution is 2.10. The number of hydrogen-bond donors (Lipinski definition) is 1. The van der Waals surface area contributed by atoms with Crippen LogP contribution in [0, 0.1) is 0 Å². The van der Waals surface area contributed by atoms with Crippen LogP contribution in [0.2, 0.25) is 0 Å². The first-order chi connectivity index (χ1) is 8.29. The average Bonchev–Trinajstić information content (AvgIpc) is 2.40. The van der Waals surface area contributed by atoms with Crippen LogP contribution in [-0.4, -0.2) is 12.2 Å². The van der Waals surface area contributed by atoms with E-state index in [2.05, 4.69) is 5.32 Å². The zero-order valence-corrected chi connectivity index (χ0v) is 9.01. The van der Waals surface area contributed by atoms with Crippen LogP contribution in [0.1, 0.15) is 15.9 Å². The van der Waals surface area contributed by atoms with Crippen LogP contribution in [0.25, 0.3) is 0 Å². The van der Waals surface area contributed by atoms with Gasteiger partial charge in [-0.05, 0) is 24.3 Å². The first kappa shape index (κ1) is 11.1. The maximum absolute atomic E-state index is 11.8. The van der Waals surface area contributed by atoms with Crippen molar-refractivity contribution in [3.05, 3.63) is 65.7 Å². The number of benzene rings is 2. The van der Waals surface area contributed by atoms with Gasteiger partial charge in [-0.2, -0.15) is 0 Å². The zero-order valence-electron chi connectivity index (χ0n) is 9.01. The lowest BCUT2D eigenvalue weighted by Gasteiger charge is -2.05. The molecule has 83 valence electrons. The Morgan fingerprint density at radius 3 is 2.47 bits per heavy atom. The second-order valence-corrected chi connectivity index (χ2v) is 3.50. The van der Waals surface area contributed by atoms with Crippen LogP contribution < -0.4 is 5.32 Å². The number of carbonyl (C=O) groups excluding carboxylic acids is 2. The molecule has 3 nitrogen and oxygen atoms in total. The predicted octanol–water partition coefficient (Wildman–Crippen LogP) is 2.40. The van der Waals surface area contributed by atoms with Gasteiger partial charge in [0.25, 0.3) is 5.91 Å². The van der Waals surface area contributed by atoms with Gasteiger partial charge in [-0.1, -0.05) is 30.3 Å². The van der Waals surface area contributed by atoms with Gasteiger partial charge in [0.15, 0.2) is 0 Å². The van der Waals surface area contributed by atoms with Gasteiger partial charge in [0.05, 0.1) is 0 Å². The lowest BCUT2D eigenvalue weighted by molar-refractivity contribution is 0.102. The third kappa shape index (κ3) is 2.78. The van der Waals surface area contributed by atoms with E-state index in [1.807, 2.05) is 6.07 Å². The first-order valence-corrected chi connectivity index (χ1v) is 5.14. The van der Waals surface area contributed by atoms with Crippen molar-refractivity contribution in [2.75, 3.05) is 5.32 Å². The van der Waals surface area contributed by atoms with Gasteiger partial charge in [-0.3, -0.25) is 9.59 Å². The maximum atomic E-state index is 11.8. The Hall–Kier alpha value is -2.42. The highest BCUT2D eigenvalue weighted by Gasteiger charge is 2.05. The Morgan fingerprint density at radius 2 is 1.76 bits per heavy atom. The van der Waals surface area contributed by atoms with Gasteiger partial charge in [0.2, 0.25) is 6.29 Å². The quantitative estimate of drug-likeness (QED) is 0.870. The molecule has 2 aromatic rings. The maximum Gasteiger partial charge on any atom is 0.255 e. The number of hydrogen-bond acceptors (Lipinski definition) is 2. The molecule has 0 aliphatic heterocycles. The summed E-state index contributed by atoms with van der Waals surface area (Å²) >= 11 is 0. The fourth-order valence-corrected chi connectivity index (χ4v) is 1.45. The Kier molecular flexibility index (Phi) is 3.31. The minimum absolute atomic E-state index is 0.200. The van der Waals surface area contributed by atoms with Crippen LogP contribution in [-0.2, 0) is 4.79 Å². The summed E-state index contributed by atoms with van der Waals surface area (Å²) in [5, 5.41) is 2.72. The van der Waals surface area contributed by atoms with Crippen molar-refractivity contribution in [1.82, 2.24) is 0 Å². The smallest absolute Gasteiger partial charge is 0.255 e. The van der Waals surface area contributed by atoms with Gasteiger partial charge in [0, 0.05) is 16.8 Å². The van der Waals surface area contributed by atoms with E-state index in [1.54, 1.807) is 54.8 Å². The van der Waals surface area contributed by atoms with E-state index >= 15 is 0 Å². The van der Waals surface area contributed by atoms with Crippen molar-refractivity contribution >= 4 is 17.9 Å². The standard InChI is InChI=1S/C14H10NO2/c16-10-11-5-4-8-13(9-11)15-14(17)12-6-2-1-3-7-12/h1-9H,(H,15,17). The lowest BCUT2D eigenvalue weighted by Crippen LogP contribution is -2.11. The van der Waals surface area contributed by atoms with Crippen molar-refractivity contribution in [1.29, 1.82) is 0 Å². The fraction of sp³-hybridized carbons (Fsp3) is 0. The first-order valence-electron chi connectivity index (χ1n) is 5.14. The molecule has 2 rings (SSSR count). The van der Waals surface area contributed by atoms with Crippen LogP contribution in [0.4, 0.5) is 5.69 Å².